The van der Waals surface area contributed by atoms with E-state index in [4.69, 9.17) is 5.11 Å². The molecule has 0 aliphatic carbocycles. The molecule has 1 aromatic heterocycles. The van der Waals surface area contributed by atoms with Gasteiger partial charge in [-0.1, -0.05) is 34.1 Å². The Morgan fingerprint density at radius 3 is 2.75 bits per heavy atom. The quantitative estimate of drug-likeness (QED) is 0.922. The van der Waals surface area contributed by atoms with E-state index in [2.05, 4.69) is 20.9 Å². The molecule has 2 aromatic rings. The van der Waals surface area contributed by atoms with Gasteiger partial charge in [-0.15, -0.1) is 11.3 Å². The molecule has 0 atom stereocenters. The monoisotopic (exact) mass is 297 g/mol. The van der Waals surface area contributed by atoms with Crippen LogP contribution < -0.4 is 0 Å². The van der Waals surface area contributed by atoms with Gasteiger partial charge in [0.1, 0.15) is 4.88 Å². The summed E-state index contributed by atoms with van der Waals surface area (Å²) < 4.78 is 0.850. The number of hydrogen-bond donors (Lipinski definition) is 1. The first-order valence-electron chi connectivity index (χ1n) is 4.55. The number of aryl methyl sites for hydroxylation is 1. The van der Waals surface area contributed by atoms with Crippen LogP contribution in [0.2, 0.25) is 0 Å². The van der Waals surface area contributed by atoms with Gasteiger partial charge in [-0.25, -0.2) is 9.78 Å². The molecule has 0 unspecified atom stereocenters. The Morgan fingerprint density at radius 2 is 2.12 bits per heavy atom. The number of benzene rings is 1. The molecular formula is C11H8BrNO2S. The molecule has 1 heterocycles. The number of halogens is 1. The number of hydrogen-bond acceptors (Lipinski definition) is 3. The lowest BCUT2D eigenvalue weighted by molar-refractivity contribution is 0.0702. The molecule has 0 aliphatic heterocycles. The molecule has 5 heteroatoms. The Kier molecular flexibility index (Phi) is 3.07. The molecular weight excluding hydrogens is 290 g/mol. The van der Waals surface area contributed by atoms with Crippen molar-refractivity contribution in [3.05, 3.63) is 38.6 Å². The summed E-state index contributed by atoms with van der Waals surface area (Å²) in [6.07, 6.45) is 0. The van der Waals surface area contributed by atoms with Crippen LogP contribution >= 0.6 is 27.3 Å². The van der Waals surface area contributed by atoms with Crippen molar-refractivity contribution in [3.8, 4) is 11.3 Å². The number of rotatable bonds is 2. The fourth-order valence-corrected chi connectivity index (χ4v) is 2.65. The molecule has 0 fully saturated rings. The second kappa shape index (κ2) is 4.35. The Hall–Kier alpha value is -1.20. The van der Waals surface area contributed by atoms with Crippen LogP contribution in [0.15, 0.2) is 28.7 Å². The van der Waals surface area contributed by atoms with Crippen LogP contribution in [0.1, 0.15) is 14.7 Å². The summed E-state index contributed by atoms with van der Waals surface area (Å²) in [4.78, 5) is 15.6. The first-order valence-corrected chi connectivity index (χ1v) is 6.16. The van der Waals surface area contributed by atoms with E-state index in [1.165, 1.54) is 11.3 Å². The highest BCUT2D eigenvalue weighted by Crippen LogP contribution is 2.32. The highest BCUT2D eigenvalue weighted by Gasteiger charge is 2.18. The van der Waals surface area contributed by atoms with E-state index >= 15 is 0 Å². The summed E-state index contributed by atoms with van der Waals surface area (Å²) in [6.45, 7) is 1.80. The molecule has 0 radical (unpaired) electrons. The Balaban J connectivity index is 2.64. The smallest absolute Gasteiger partial charge is 0.348 e. The maximum Gasteiger partial charge on any atom is 0.348 e. The zero-order valence-corrected chi connectivity index (χ0v) is 10.8. The largest absolute Gasteiger partial charge is 0.477 e. The molecule has 0 saturated carbocycles. The third-order valence-electron chi connectivity index (χ3n) is 2.06. The predicted molar refractivity (Wildman–Crippen MR) is 66.9 cm³/mol. The van der Waals surface area contributed by atoms with Gasteiger partial charge in [-0.05, 0) is 13.0 Å². The minimum absolute atomic E-state index is 0.282. The van der Waals surface area contributed by atoms with Crippen LogP contribution in [-0.4, -0.2) is 16.1 Å². The van der Waals surface area contributed by atoms with Gasteiger partial charge in [0.2, 0.25) is 0 Å². The molecule has 2 rings (SSSR count). The molecule has 16 heavy (non-hydrogen) atoms. The number of carboxylic acid groups (broad SMARTS) is 1. The topological polar surface area (TPSA) is 50.2 Å². The van der Waals surface area contributed by atoms with Crippen LogP contribution in [0.5, 0.6) is 0 Å². The van der Waals surface area contributed by atoms with Crippen LogP contribution in [0.25, 0.3) is 11.3 Å². The van der Waals surface area contributed by atoms with Crippen LogP contribution in [0.4, 0.5) is 0 Å². The predicted octanol–water partition coefficient (Wildman–Crippen LogP) is 3.58. The number of aromatic nitrogens is 1. The average Bonchev–Trinajstić information content (AvgIpc) is 2.61. The molecule has 1 N–H and O–H groups in total. The van der Waals surface area contributed by atoms with E-state index in [-0.39, 0.29) is 4.88 Å². The Morgan fingerprint density at radius 1 is 1.44 bits per heavy atom. The van der Waals surface area contributed by atoms with Gasteiger partial charge in [-0.2, -0.15) is 0 Å². The summed E-state index contributed by atoms with van der Waals surface area (Å²) in [5, 5.41) is 9.84. The molecule has 0 spiro atoms. The van der Waals surface area contributed by atoms with E-state index in [9.17, 15) is 4.79 Å². The zero-order chi connectivity index (χ0) is 11.7. The number of carboxylic acids is 1. The average molecular weight is 298 g/mol. The molecule has 3 nitrogen and oxygen atoms in total. The molecule has 0 bridgehead atoms. The van der Waals surface area contributed by atoms with E-state index in [1.54, 1.807) is 6.92 Å². The molecule has 0 amide bonds. The van der Waals surface area contributed by atoms with Crippen molar-refractivity contribution in [2.45, 2.75) is 6.92 Å². The minimum Gasteiger partial charge on any atom is -0.477 e. The number of nitrogens with zero attached hydrogens (tertiary/aromatic N) is 1. The first kappa shape index (κ1) is 11.3. The third kappa shape index (κ3) is 2.01. The normalized spacial score (nSPS) is 10.4. The molecule has 1 aromatic carbocycles. The van der Waals surface area contributed by atoms with Crippen molar-refractivity contribution in [2.75, 3.05) is 0 Å². The zero-order valence-electron chi connectivity index (χ0n) is 8.40. The highest BCUT2D eigenvalue weighted by atomic mass is 79.9. The van der Waals surface area contributed by atoms with Gasteiger partial charge < -0.3 is 5.11 Å². The van der Waals surface area contributed by atoms with Crippen molar-refractivity contribution >= 4 is 33.2 Å². The maximum absolute atomic E-state index is 11.1. The Labute approximate surface area is 105 Å². The van der Waals surface area contributed by atoms with Crippen LogP contribution in [-0.2, 0) is 0 Å². The first-order chi connectivity index (χ1) is 7.59. The fraction of sp³-hybridized carbons (Fsp3) is 0.0909. The van der Waals surface area contributed by atoms with Crippen molar-refractivity contribution in [2.24, 2.45) is 0 Å². The summed E-state index contributed by atoms with van der Waals surface area (Å²) in [5.74, 6) is -0.934. The molecule has 0 saturated heterocycles. The lowest BCUT2D eigenvalue weighted by Crippen LogP contribution is -1.95. The molecule has 0 aliphatic rings. The van der Waals surface area contributed by atoms with Crippen LogP contribution in [0.3, 0.4) is 0 Å². The van der Waals surface area contributed by atoms with E-state index in [0.717, 1.165) is 15.0 Å². The standard InChI is InChI=1S/C11H8BrNO2S/c1-6-13-9(10(16-6)11(14)15)7-4-2-3-5-8(7)12/h2-5H,1H3,(H,14,15). The summed E-state index contributed by atoms with van der Waals surface area (Å²) in [7, 11) is 0. The van der Waals surface area contributed by atoms with Gasteiger partial charge in [0.15, 0.2) is 0 Å². The van der Waals surface area contributed by atoms with E-state index < -0.39 is 5.97 Å². The SMILES string of the molecule is Cc1nc(-c2ccccc2Br)c(C(=O)O)s1. The lowest BCUT2D eigenvalue weighted by atomic mass is 10.1. The van der Waals surface area contributed by atoms with Gasteiger partial charge in [-0.3, -0.25) is 0 Å². The lowest BCUT2D eigenvalue weighted by Gasteiger charge is -2.01. The number of aromatic carboxylic acids is 1. The second-order valence-electron chi connectivity index (χ2n) is 3.20. The van der Waals surface area contributed by atoms with Gasteiger partial charge >= 0.3 is 5.97 Å². The minimum atomic E-state index is -0.934. The van der Waals surface area contributed by atoms with Gasteiger partial charge in [0, 0.05) is 10.0 Å². The Bertz CT molecular complexity index is 551. The van der Waals surface area contributed by atoms with E-state index in [1.807, 2.05) is 24.3 Å². The maximum atomic E-state index is 11.1. The highest BCUT2D eigenvalue weighted by molar-refractivity contribution is 9.10. The van der Waals surface area contributed by atoms with Crippen LogP contribution in [0, 0.1) is 6.92 Å². The van der Waals surface area contributed by atoms with Crippen molar-refractivity contribution in [3.63, 3.8) is 0 Å². The van der Waals surface area contributed by atoms with Crippen molar-refractivity contribution in [1.82, 2.24) is 4.98 Å². The van der Waals surface area contributed by atoms with E-state index in [0.29, 0.717) is 5.69 Å². The second-order valence-corrected chi connectivity index (χ2v) is 5.25. The number of thiazole rings is 1. The van der Waals surface area contributed by atoms with Crippen molar-refractivity contribution in [1.29, 1.82) is 0 Å². The third-order valence-corrected chi connectivity index (χ3v) is 3.71. The summed E-state index contributed by atoms with van der Waals surface area (Å²) >= 11 is 4.59. The van der Waals surface area contributed by atoms with Gasteiger partial charge in [0.25, 0.3) is 0 Å². The number of carbonyl (C=O) groups is 1. The fourth-order valence-electron chi connectivity index (χ4n) is 1.41. The van der Waals surface area contributed by atoms with Crippen molar-refractivity contribution < 1.29 is 9.90 Å². The summed E-state index contributed by atoms with van der Waals surface area (Å²) in [6, 6.07) is 7.47. The molecule has 82 valence electrons. The summed E-state index contributed by atoms with van der Waals surface area (Å²) in [5.41, 5.74) is 1.34. The van der Waals surface area contributed by atoms with Gasteiger partial charge in [0.05, 0.1) is 10.7 Å².